The average Bonchev–Trinajstić information content (AvgIpc) is 2.91. The highest BCUT2D eigenvalue weighted by Crippen LogP contribution is 2.15. The number of hydrogen-bond acceptors (Lipinski definition) is 5. The number of carbonyl (C=O) groups excluding carboxylic acids is 2. The molecule has 2 heterocycles. The van der Waals surface area contributed by atoms with Crippen molar-refractivity contribution in [2.75, 3.05) is 26.2 Å². The maximum absolute atomic E-state index is 12.4. The first-order valence-corrected chi connectivity index (χ1v) is 8.48. The van der Waals surface area contributed by atoms with E-state index in [0.717, 1.165) is 18.8 Å². The summed E-state index contributed by atoms with van der Waals surface area (Å²) < 4.78 is 4.16. The highest BCUT2D eigenvalue weighted by molar-refractivity contribution is 7.03. The zero-order valence-electron chi connectivity index (χ0n) is 13.6. The lowest BCUT2D eigenvalue weighted by Gasteiger charge is -2.37. The van der Waals surface area contributed by atoms with E-state index in [0.29, 0.717) is 18.7 Å². The van der Waals surface area contributed by atoms with Gasteiger partial charge in [-0.05, 0) is 39.2 Å². The van der Waals surface area contributed by atoms with Gasteiger partial charge in [-0.2, -0.15) is 4.37 Å². The molecule has 0 aromatic carbocycles. The molecule has 1 atom stereocenters. The van der Waals surface area contributed by atoms with Crippen molar-refractivity contribution < 1.29 is 9.59 Å². The standard InChI is InChI=1S/C15H24N4O2S/c1-10(2)16-14(20)12(4)18-5-7-19(8-6-18)15(21)13-9-22-17-11(13)3/h9-10,12H,5-8H2,1-4H3,(H,16,20)/t12-/m1/s1. The van der Waals surface area contributed by atoms with Crippen LogP contribution in [-0.4, -0.2) is 64.3 Å². The zero-order chi connectivity index (χ0) is 16.3. The van der Waals surface area contributed by atoms with Gasteiger partial charge in [-0.1, -0.05) is 0 Å². The predicted octanol–water partition coefficient (Wildman–Crippen LogP) is 1.12. The number of aromatic nitrogens is 1. The molecular weight excluding hydrogens is 300 g/mol. The van der Waals surface area contributed by atoms with Crippen LogP contribution < -0.4 is 5.32 Å². The quantitative estimate of drug-likeness (QED) is 0.901. The summed E-state index contributed by atoms with van der Waals surface area (Å²) in [6.45, 7) is 10.4. The summed E-state index contributed by atoms with van der Waals surface area (Å²) in [4.78, 5) is 28.5. The molecule has 1 aliphatic heterocycles. The molecular formula is C15H24N4O2S. The molecule has 2 amide bonds. The van der Waals surface area contributed by atoms with Gasteiger partial charge >= 0.3 is 0 Å². The van der Waals surface area contributed by atoms with Gasteiger partial charge in [-0.25, -0.2) is 0 Å². The predicted molar refractivity (Wildman–Crippen MR) is 87.1 cm³/mol. The second-order valence-corrected chi connectivity index (χ2v) is 6.61. The highest BCUT2D eigenvalue weighted by atomic mass is 32.1. The summed E-state index contributed by atoms with van der Waals surface area (Å²) in [6.07, 6.45) is 0. The lowest BCUT2D eigenvalue weighted by atomic mass is 10.1. The molecule has 1 aromatic heterocycles. The number of rotatable bonds is 4. The normalized spacial score (nSPS) is 17.6. The van der Waals surface area contributed by atoms with Crippen molar-refractivity contribution in [1.82, 2.24) is 19.5 Å². The molecule has 6 nitrogen and oxygen atoms in total. The molecule has 1 fully saturated rings. The Morgan fingerprint density at radius 2 is 1.86 bits per heavy atom. The largest absolute Gasteiger partial charge is 0.353 e. The fraction of sp³-hybridized carbons (Fsp3) is 0.667. The van der Waals surface area contributed by atoms with Crippen molar-refractivity contribution in [2.45, 2.75) is 39.8 Å². The Labute approximate surface area is 135 Å². The number of amides is 2. The van der Waals surface area contributed by atoms with E-state index < -0.39 is 0 Å². The molecule has 0 spiro atoms. The molecule has 22 heavy (non-hydrogen) atoms. The highest BCUT2D eigenvalue weighted by Gasteiger charge is 2.28. The minimum Gasteiger partial charge on any atom is -0.353 e. The summed E-state index contributed by atoms with van der Waals surface area (Å²) in [5.74, 6) is 0.0952. The summed E-state index contributed by atoms with van der Waals surface area (Å²) in [5, 5.41) is 4.74. The number of nitrogens with one attached hydrogen (secondary N) is 1. The topological polar surface area (TPSA) is 65.5 Å². The van der Waals surface area contributed by atoms with E-state index in [2.05, 4.69) is 14.6 Å². The molecule has 1 N–H and O–H groups in total. The van der Waals surface area contributed by atoms with Crippen LogP contribution in [0.3, 0.4) is 0 Å². The van der Waals surface area contributed by atoms with Crippen molar-refractivity contribution in [1.29, 1.82) is 0 Å². The van der Waals surface area contributed by atoms with Gasteiger partial charge < -0.3 is 10.2 Å². The van der Waals surface area contributed by atoms with Crippen molar-refractivity contribution in [2.24, 2.45) is 0 Å². The number of carbonyl (C=O) groups is 2. The van der Waals surface area contributed by atoms with E-state index in [-0.39, 0.29) is 23.9 Å². The number of hydrogen-bond donors (Lipinski definition) is 1. The summed E-state index contributed by atoms with van der Waals surface area (Å²) in [6, 6.07) is -0.0175. The molecule has 0 aliphatic carbocycles. The molecule has 0 radical (unpaired) electrons. The average molecular weight is 324 g/mol. The fourth-order valence-corrected chi connectivity index (χ4v) is 3.24. The minimum absolute atomic E-state index is 0.0465. The number of nitrogens with zero attached hydrogens (tertiary/aromatic N) is 3. The van der Waals surface area contributed by atoms with Crippen LogP contribution in [0.1, 0.15) is 36.8 Å². The third kappa shape index (κ3) is 3.84. The molecule has 1 aromatic rings. The first-order valence-electron chi connectivity index (χ1n) is 7.64. The Morgan fingerprint density at radius 3 is 2.36 bits per heavy atom. The Hall–Kier alpha value is -1.47. The third-order valence-electron chi connectivity index (χ3n) is 3.94. The van der Waals surface area contributed by atoms with Crippen LogP contribution in [0.25, 0.3) is 0 Å². The monoisotopic (exact) mass is 324 g/mol. The van der Waals surface area contributed by atoms with Gasteiger partial charge in [0.25, 0.3) is 5.91 Å². The molecule has 1 aliphatic rings. The summed E-state index contributed by atoms with van der Waals surface area (Å²) >= 11 is 1.31. The van der Waals surface area contributed by atoms with Crippen molar-refractivity contribution in [3.8, 4) is 0 Å². The Morgan fingerprint density at radius 1 is 1.23 bits per heavy atom. The second-order valence-electron chi connectivity index (χ2n) is 5.98. The van der Waals surface area contributed by atoms with Gasteiger partial charge in [-0.15, -0.1) is 0 Å². The molecule has 0 bridgehead atoms. The Balaban J connectivity index is 1.89. The van der Waals surface area contributed by atoms with Crippen LogP contribution >= 0.6 is 11.5 Å². The summed E-state index contributed by atoms with van der Waals surface area (Å²) in [7, 11) is 0. The lowest BCUT2D eigenvalue weighted by Crippen LogP contribution is -2.55. The van der Waals surface area contributed by atoms with E-state index in [4.69, 9.17) is 0 Å². The van der Waals surface area contributed by atoms with E-state index in [1.807, 2.05) is 38.0 Å². The van der Waals surface area contributed by atoms with Crippen LogP contribution in [0.15, 0.2) is 5.38 Å². The van der Waals surface area contributed by atoms with E-state index >= 15 is 0 Å². The van der Waals surface area contributed by atoms with Crippen molar-refractivity contribution >= 4 is 23.3 Å². The first-order chi connectivity index (χ1) is 10.4. The molecule has 0 saturated carbocycles. The molecule has 0 unspecified atom stereocenters. The van der Waals surface area contributed by atoms with Crippen LogP contribution in [0.5, 0.6) is 0 Å². The number of aryl methyl sites for hydroxylation is 1. The molecule has 2 rings (SSSR count). The van der Waals surface area contributed by atoms with Crippen molar-refractivity contribution in [3.05, 3.63) is 16.6 Å². The van der Waals surface area contributed by atoms with E-state index in [1.54, 1.807) is 0 Å². The lowest BCUT2D eigenvalue weighted by molar-refractivity contribution is -0.126. The van der Waals surface area contributed by atoms with Gasteiger partial charge in [0.2, 0.25) is 5.91 Å². The smallest absolute Gasteiger partial charge is 0.256 e. The SMILES string of the molecule is Cc1nscc1C(=O)N1CCN([C@H](C)C(=O)NC(C)C)CC1. The van der Waals surface area contributed by atoms with Crippen LogP contribution in [0.2, 0.25) is 0 Å². The van der Waals surface area contributed by atoms with Gasteiger partial charge in [0.05, 0.1) is 17.3 Å². The van der Waals surface area contributed by atoms with E-state index in [1.165, 1.54) is 11.5 Å². The van der Waals surface area contributed by atoms with Crippen molar-refractivity contribution in [3.63, 3.8) is 0 Å². The molecule has 122 valence electrons. The fourth-order valence-electron chi connectivity index (χ4n) is 2.55. The van der Waals surface area contributed by atoms with Gasteiger partial charge in [-0.3, -0.25) is 14.5 Å². The van der Waals surface area contributed by atoms with Crippen LogP contribution in [-0.2, 0) is 4.79 Å². The molecule has 1 saturated heterocycles. The van der Waals surface area contributed by atoms with Gasteiger partial charge in [0.15, 0.2) is 0 Å². The minimum atomic E-state index is -0.163. The summed E-state index contributed by atoms with van der Waals surface area (Å²) in [5.41, 5.74) is 1.49. The third-order valence-corrected chi connectivity index (χ3v) is 4.66. The molecule has 7 heteroatoms. The zero-order valence-corrected chi connectivity index (χ0v) is 14.4. The Kier molecular flexibility index (Phi) is 5.52. The van der Waals surface area contributed by atoms with Gasteiger partial charge in [0.1, 0.15) is 0 Å². The van der Waals surface area contributed by atoms with E-state index in [9.17, 15) is 9.59 Å². The maximum Gasteiger partial charge on any atom is 0.256 e. The Bertz CT molecular complexity index is 535. The second kappa shape index (κ2) is 7.19. The van der Waals surface area contributed by atoms with Crippen LogP contribution in [0.4, 0.5) is 0 Å². The first kappa shape index (κ1) is 16.9. The number of piperazine rings is 1. The van der Waals surface area contributed by atoms with Gasteiger partial charge in [0, 0.05) is 37.6 Å². The van der Waals surface area contributed by atoms with Crippen LogP contribution in [0, 0.1) is 6.92 Å². The maximum atomic E-state index is 12.4.